The van der Waals surface area contributed by atoms with E-state index in [0.717, 1.165) is 12.0 Å². The number of aromatic amines is 1. The van der Waals surface area contributed by atoms with Gasteiger partial charge in [0.25, 0.3) is 10.0 Å². The molecule has 3 rings (SSSR count). The largest absolute Gasteiger partial charge is 0.462 e. The van der Waals surface area contributed by atoms with Crippen LogP contribution in [0.5, 0.6) is 0 Å². The fourth-order valence-electron chi connectivity index (χ4n) is 2.60. The SMILES string of the molecule is CCOC(=O)c1cn[nH]c1S(=O)(=O)N1CC[C@H]1c1ccccc1. The molecule has 0 saturated carbocycles. The van der Waals surface area contributed by atoms with Crippen molar-refractivity contribution in [2.45, 2.75) is 24.4 Å². The van der Waals surface area contributed by atoms with Crippen molar-refractivity contribution in [1.29, 1.82) is 0 Å². The summed E-state index contributed by atoms with van der Waals surface area (Å²) in [5, 5.41) is 5.91. The van der Waals surface area contributed by atoms with E-state index in [0.29, 0.717) is 6.54 Å². The van der Waals surface area contributed by atoms with Crippen molar-refractivity contribution < 1.29 is 17.9 Å². The number of carbonyl (C=O) groups excluding carboxylic acids is 1. The molecule has 0 spiro atoms. The molecule has 0 bridgehead atoms. The third kappa shape index (κ3) is 2.75. The molecule has 1 aromatic carbocycles. The summed E-state index contributed by atoms with van der Waals surface area (Å²) in [5.41, 5.74) is 0.866. The number of carbonyl (C=O) groups is 1. The highest BCUT2D eigenvalue weighted by molar-refractivity contribution is 7.89. The lowest BCUT2D eigenvalue weighted by atomic mass is 9.98. The lowest BCUT2D eigenvalue weighted by Gasteiger charge is -2.39. The fourth-order valence-corrected chi connectivity index (χ4v) is 4.33. The fraction of sp³-hybridized carbons (Fsp3) is 0.333. The van der Waals surface area contributed by atoms with Crippen molar-refractivity contribution in [2.24, 2.45) is 0 Å². The molecule has 2 heterocycles. The third-order valence-electron chi connectivity index (χ3n) is 3.82. The molecule has 23 heavy (non-hydrogen) atoms. The van der Waals surface area contributed by atoms with Gasteiger partial charge in [-0.05, 0) is 18.9 Å². The van der Waals surface area contributed by atoms with E-state index in [2.05, 4.69) is 10.2 Å². The van der Waals surface area contributed by atoms with E-state index in [1.807, 2.05) is 30.3 Å². The van der Waals surface area contributed by atoms with Crippen LogP contribution in [-0.4, -0.2) is 42.0 Å². The minimum Gasteiger partial charge on any atom is -0.462 e. The van der Waals surface area contributed by atoms with E-state index in [-0.39, 0.29) is 23.2 Å². The van der Waals surface area contributed by atoms with E-state index >= 15 is 0 Å². The van der Waals surface area contributed by atoms with Crippen LogP contribution in [0.4, 0.5) is 0 Å². The molecule has 0 amide bonds. The van der Waals surface area contributed by atoms with Gasteiger partial charge in [0.2, 0.25) is 0 Å². The summed E-state index contributed by atoms with van der Waals surface area (Å²) in [5.74, 6) is -0.698. The molecule has 1 saturated heterocycles. The molecule has 1 fully saturated rings. The summed E-state index contributed by atoms with van der Waals surface area (Å²) in [7, 11) is -3.84. The third-order valence-corrected chi connectivity index (χ3v) is 5.70. The molecular weight excluding hydrogens is 318 g/mol. The minimum absolute atomic E-state index is 0.0643. The van der Waals surface area contributed by atoms with Crippen molar-refractivity contribution in [3.8, 4) is 0 Å². The zero-order valence-electron chi connectivity index (χ0n) is 12.6. The van der Waals surface area contributed by atoms with Gasteiger partial charge in [0.1, 0.15) is 5.56 Å². The van der Waals surface area contributed by atoms with Crippen LogP contribution in [0.2, 0.25) is 0 Å². The Kier molecular flexibility index (Phi) is 4.18. The zero-order valence-corrected chi connectivity index (χ0v) is 13.4. The molecule has 1 aromatic heterocycles. The van der Waals surface area contributed by atoms with E-state index < -0.39 is 16.0 Å². The van der Waals surface area contributed by atoms with Crippen LogP contribution in [0.25, 0.3) is 0 Å². The molecule has 7 nitrogen and oxygen atoms in total. The standard InChI is InChI=1S/C15H17N3O4S/c1-2-22-15(19)12-10-16-17-14(12)23(20,21)18-9-8-13(18)11-6-4-3-5-7-11/h3-7,10,13H,2,8-9H2,1H3,(H,16,17)/t13-/m0/s1. The number of hydrogen-bond donors (Lipinski definition) is 1. The quantitative estimate of drug-likeness (QED) is 0.840. The Morgan fingerprint density at radius 1 is 1.39 bits per heavy atom. The predicted octanol–water partition coefficient (Wildman–Crippen LogP) is 1.72. The molecule has 0 aliphatic carbocycles. The highest BCUT2D eigenvalue weighted by Gasteiger charge is 2.42. The van der Waals surface area contributed by atoms with Crippen LogP contribution in [0, 0.1) is 0 Å². The maximum atomic E-state index is 12.8. The smallest absolute Gasteiger partial charge is 0.342 e. The number of benzene rings is 1. The monoisotopic (exact) mass is 335 g/mol. The number of aromatic nitrogens is 2. The molecule has 8 heteroatoms. The van der Waals surface area contributed by atoms with Gasteiger partial charge >= 0.3 is 5.97 Å². The Balaban J connectivity index is 1.91. The lowest BCUT2D eigenvalue weighted by Crippen LogP contribution is -2.45. The van der Waals surface area contributed by atoms with Crippen LogP contribution < -0.4 is 0 Å². The number of nitrogens with zero attached hydrogens (tertiary/aromatic N) is 2. The van der Waals surface area contributed by atoms with Crippen molar-refractivity contribution in [1.82, 2.24) is 14.5 Å². The average molecular weight is 335 g/mol. The Hall–Kier alpha value is -2.19. The second-order valence-corrected chi connectivity index (χ2v) is 6.99. The van der Waals surface area contributed by atoms with Gasteiger partial charge in [-0.25, -0.2) is 13.2 Å². The summed E-state index contributed by atoms with van der Waals surface area (Å²) >= 11 is 0. The van der Waals surface area contributed by atoms with Gasteiger partial charge in [-0.3, -0.25) is 5.10 Å². The number of hydrogen-bond acceptors (Lipinski definition) is 5. The molecule has 1 aliphatic heterocycles. The van der Waals surface area contributed by atoms with Crippen molar-refractivity contribution in [2.75, 3.05) is 13.2 Å². The summed E-state index contributed by atoms with van der Waals surface area (Å²) < 4.78 is 31.9. The molecule has 1 aliphatic rings. The van der Waals surface area contributed by atoms with Gasteiger partial charge in [-0.15, -0.1) is 0 Å². The van der Waals surface area contributed by atoms with E-state index in [4.69, 9.17) is 4.74 Å². The maximum absolute atomic E-state index is 12.8. The zero-order chi connectivity index (χ0) is 16.4. The van der Waals surface area contributed by atoms with Gasteiger partial charge in [0.05, 0.1) is 18.8 Å². The van der Waals surface area contributed by atoms with E-state index in [1.54, 1.807) is 6.92 Å². The number of H-pyrrole nitrogens is 1. The highest BCUT2D eigenvalue weighted by atomic mass is 32.2. The van der Waals surface area contributed by atoms with Crippen LogP contribution in [0.3, 0.4) is 0 Å². The van der Waals surface area contributed by atoms with E-state index in [1.165, 1.54) is 10.5 Å². The normalized spacial score (nSPS) is 18.4. The first kappa shape index (κ1) is 15.7. The first-order chi connectivity index (χ1) is 11.1. The molecule has 1 N–H and O–H groups in total. The Morgan fingerprint density at radius 3 is 2.74 bits per heavy atom. The molecule has 0 radical (unpaired) electrons. The van der Waals surface area contributed by atoms with Crippen molar-refractivity contribution >= 4 is 16.0 Å². The van der Waals surface area contributed by atoms with Crippen molar-refractivity contribution in [3.05, 3.63) is 47.7 Å². The van der Waals surface area contributed by atoms with Gasteiger partial charge < -0.3 is 4.74 Å². The Bertz CT molecular complexity index is 801. The number of nitrogens with one attached hydrogen (secondary N) is 1. The summed E-state index contributed by atoms with van der Waals surface area (Å²) in [6.07, 6.45) is 1.92. The Labute approximate surface area is 134 Å². The number of sulfonamides is 1. The number of ether oxygens (including phenoxy) is 1. The molecule has 122 valence electrons. The summed E-state index contributed by atoms with van der Waals surface area (Å²) in [6.45, 7) is 2.23. The summed E-state index contributed by atoms with van der Waals surface area (Å²) in [6, 6.07) is 9.20. The second-order valence-electron chi connectivity index (χ2n) is 5.16. The van der Waals surface area contributed by atoms with Crippen LogP contribution >= 0.6 is 0 Å². The van der Waals surface area contributed by atoms with Gasteiger partial charge in [-0.2, -0.15) is 9.40 Å². The first-order valence-corrected chi connectivity index (χ1v) is 8.77. The Morgan fingerprint density at radius 2 is 2.13 bits per heavy atom. The van der Waals surface area contributed by atoms with Crippen LogP contribution in [0.15, 0.2) is 41.6 Å². The summed E-state index contributed by atoms with van der Waals surface area (Å²) in [4.78, 5) is 11.9. The molecule has 0 unspecified atom stereocenters. The topological polar surface area (TPSA) is 92.4 Å². The molecule has 2 aromatic rings. The van der Waals surface area contributed by atoms with Gasteiger partial charge in [0.15, 0.2) is 5.03 Å². The number of rotatable bonds is 5. The minimum atomic E-state index is -3.84. The number of esters is 1. The van der Waals surface area contributed by atoms with Crippen LogP contribution in [-0.2, 0) is 14.8 Å². The molecular formula is C15H17N3O4S. The second kappa shape index (κ2) is 6.13. The lowest BCUT2D eigenvalue weighted by molar-refractivity contribution is 0.0521. The van der Waals surface area contributed by atoms with E-state index in [9.17, 15) is 13.2 Å². The first-order valence-electron chi connectivity index (χ1n) is 7.33. The predicted molar refractivity (Wildman–Crippen MR) is 82.2 cm³/mol. The van der Waals surface area contributed by atoms with Gasteiger partial charge in [-0.1, -0.05) is 30.3 Å². The highest BCUT2D eigenvalue weighted by Crippen LogP contribution is 2.38. The average Bonchev–Trinajstić information content (AvgIpc) is 2.97. The molecule has 1 atom stereocenters. The maximum Gasteiger partial charge on any atom is 0.342 e. The van der Waals surface area contributed by atoms with Crippen LogP contribution in [0.1, 0.15) is 35.3 Å². The van der Waals surface area contributed by atoms with Crippen molar-refractivity contribution in [3.63, 3.8) is 0 Å². The van der Waals surface area contributed by atoms with Gasteiger partial charge in [0, 0.05) is 6.54 Å².